The van der Waals surface area contributed by atoms with Crippen LogP contribution in [0.25, 0.3) is 11.3 Å². The summed E-state index contributed by atoms with van der Waals surface area (Å²) in [5.41, 5.74) is 7.10. The quantitative estimate of drug-likeness (QED) is 0.557. The SMILES string of the molecule is N#Cc1c(N)nc(SCCC(=O)Nc2ccc3c(c2)OCO3)c(C#N)c1-c1ccco1. The lowest BCUT2D eigenvalue weighted by molar-refractivity contribution is -0.115. The molecule has 0 saturated heterocycles. The highest BCUT2D eigenvalue weighted by Gasteiger charge is 2.22. The number of rotatable bonds is 6. The van der Waals surface area contributed by atoms with Crippen LogP contribution < -0.4 is 20.5 Å². The van der Waals surface area contributed by atoms with Gasteiger partial charge in [0.15, 0.2) is 11.5 Å². The van der Waals surface area contributed by atoms with Crippen molar-refractivity contribution >= 4 is 29.2 Å². The van der Waals surface area contributed by atoms with E-state index in [9.17, 15) is 15.3 Å². The zero-order valence-corrected chi connectivity index (χ0v) is 16.9. The Morgan fingerprint density at radius 3 is 2.74 bits per heavy atom. The second-order valence-electron chi connectivity index (χ2n) is 6.34. The number of anilines is 2. The zero-order chi connectivity index (χ0) is 21.8. The van der Waals surface area contributed by atoms with Crippen molar-refractivity contribution in [2.45, 2.75) is 11.4 Å². The van der Waals surface area contributed by atoms with Crippen LogP contribution >= 0.6 is 11.8 Å². The van der Waals surface area contributed by atoms with Gasteiger partial charge in [-0.15, -0.1) is 11.8 Å². The first kappa shape index (κ1) is 20.1. The third kappa shape index (κ3) is 4.10. The Labute approximate surface area is 181 Å². The first-order valence-electron chi connectivity index (χ1n) is 9.10. The number of carbonyl (C=O) groups excluding carboxylic acids is 1. The van der Waals surface area contributed by atoms with Gasteiger partial charge in [0.05, 0.1) is 17.4 Å². The van der Waals surface area contributed by atoms with Crippen LogP contribution in [0.4, 0.5) is 11.5 Å². The molecule has 4 rings (SSSR count). The largest absolute Gasteiger partial charge is 0.464 e. The van der Waals surface area contributed by atoms with E-state index >= 15 is 0 Å². The number of nitriles is 2. The van der Waals surface area contributed by atoms with Crippen molar-refractivity contribution in [3.05, 3.63) is 47.7 Å². The van der Waals surface area contributed by atoms with Crippen molar-refractivity contribution in [3.63, 3.8) is 0 Å². The molecule has 1 amide bonds. The molecule has 3 heterocycles. The summed E-state index contributed by atoms with van der Waals surface area (Å²) in [6.45, 7) is 0.158. The van der Waals surface area contributed by atoms with Gasteiger partial charge in [-0.2, -0.15) is 10.5 Å². The summed E-state index contributed by atoms with van der Waals surface area (Å²) in [5.74, 6) is 1.70. The van der Waals surface area contributed by atoms with Gasteiger partial charge in [0.1, 0.15) is 34.3 Å². The van der Waals surface area contributed by atoms with Crippen LogP contribution in [-0.4, -0.2) is 23.4 Å². The number of amides is 1. The first-order chi connectivity index (χ1) is 15.1. The fraction of sp³-hybridized carbons (Fsp3) is 0.143. The van der Waals surface area contributed by atoms with Crippen molar-refractivity contribution in [1.29, 1.82) is 10.5 Å². The van der Waals surface area contributed by atoms with Gasteiger partial charge in [0, 0.05) is 23.9 Å². The molecule has 0 bridgehead atoms. The predicted octanol–water partition coefficient (Wildman–Crippen LogP) is 3.52. The molecule has 0 atom stereocenters. The van der Waals surface area contributed by atoms with Crippen molar-refractivity contribution in [2.75, 3.05) is 23.6 Å². The predicted molar refractivity (Wildman–Crippen MR) is 112 cm³/mol. The number of aromatic nitrogens is 1. The van der Waals surface area contributed by atoms with Crippen LogP contribution in [0.3, 0.4) is 0 Å². The van der Waals surface area contributed by atoms with Crippen molar-refractivity contribution in [1.82, 2.24) is 4.98 Å². The molecular weight excluding hydrogens is 418 g/mol. The van der Waals surface area contributed by atoms with E-state index in [1.807, 2.05) is 6.07 Å². The van der Waals surface area contributed by atoms with E-state index in [2.05, 4.69) is 16.4 Å². The number of benzene rings is 1. The number of hydrogen-bond donors (Lipinski definition) is 2. The Morgan fingerprint density at radius 1 is 1.19 bits per heavy atom. The number of thioether (sulfide) groups is 1. The Hall–Kier alpha value is -4.15. The molecule has 10 heteroatoms. The number of nitrogens with one attached hydrogen (secondary N) is 1. The minimum Gasteiger partial charge on any atom is -0.464 e. The molecule has 0 spiro atoms. The van der Waals surface area contributed by atoms with Gasteiger partial charge in [-0.1, -0.05) is 0 Å². The number of nitrogens with zero attached hydrogens (tertiary/aromatic N) is 3. The van der Waals surface area contributed by atoms with E-state index in [0.29, 0.717) is 39.3 Å². The van der Waals surface area contributed by atoms with Crippen LogP contribution in [0.2, 0.25) is 0 Å². The highest BCUT2D eigenvalue weighted by Crippen LogP contribution is 2.36. The second-order valence-corrected chi connectivity index (χ2v) is 7.43. The fourth-order valence-electron chi connectivity index (χ4n) is 3.01. The molecule has 2 aromatic heterocycles. The van der Waals surface area contributed by atoms with Gasteiger partial charge >= 0.3 is 0 Å². The molecule has 3 N–H and O–H groups in total. The highest BCUT2D eigenvalue weighted by molar-refractivity contribution is 7.99. The van der Waals surface area contributed by atoms with E-state index < -0.39 is 0 Å². The Kier molecular flexibility index (Phi) is 5.65. The molecule has 0 aliphatic carbocycles. The number of furan rings is 1. The molecule has 0 radical (unpaired) electrons. The number of nitrogens with two attached hydrogens (primary N) is 1. The minimum absolute atomic E-state index is 0.000196. The highest BCUT2D eigenvalue weighted by atomic mass is 32.2. The summed E-state index contributed by atoms with van der Waals surface area (Å²) in [5, 5.41) is 22.3. The lowest BCUT2D eigenvalue weighted by Crippen LogP contribution is -2.12. The smallest absolute Gasteiger partial charge is 0.231 e. The molecule has 3 aromatic rings. The van der Waals surface area contributed by atoms with E-state index in [4.69, 9.17) is 19.6 Å². The summed E-state index contributed by atoms with van der Waals surface area (Å²) in [4.78, 5) is 16.5. The molecule has 9 nitrogen and oxygen atoms in total. The summed E-state index contributed by atoms with van der Waals surface area (Å²) in [7, 11) is 0. The fourth-order valence-corrected chi connectivity index (χ4v) is 3.94. The maximum atomic E-state index is 12.3. The Bertz CT molecular complexity index is 1230. The van der Waals surface area contributed by atoms with Crippen LogP contribution in [0.1, 0.15) is 17.5 Å². The average molecular weight is 433 g/mol. The standard InChI is InChI=1S/C21H15N5O4S/c22-9-13-19(16-2-1-6-28-16)14(10-23)21(26-20(13)24)31-7-5-18(27)25-12-3-4-15-17(8-12)30-11-29-15/h1-4,6,8H,5,7,11H2,(H2,24,26)(H,25,27). The molecule has 0 saturated carbocycles. The summed E-state index contributed by atoms with van der Waals surface area (Å²) >= 11 is 1.21. The first-order valence-corrected chi connectivity index (χ1v) is 10.1. The molecule has 154 valence electrons. The maximum Gasteiger partial charge on any atom is 0.231 e. The molecule has 31 heavy (non-hydrogen) atoms. The third-order valence-corrected chi connectivity index (χ3v) is 5.38. The van der Waals surface area contributed by atoms with E-state index in [-0.39, 0.29) is 36.1 Å². The van der Waals surface area contributed by atoms with Gasteiger partial charge in [0.25, 0.3) is 0 Å². The van der Waals surface area contributed by atoms with Gasteiger partial charge in [-0.05, 0) is 24.3 Å². The number of carbonyl (C=O) groups is 1. The number of hydrogen-bond acceptors (Lipinski definition) is 9. The monoisotopic (exact) mass is 433 g/mol. The minimum atomic E-state index is -0.210. The summed E-state index contributed by atoms with van der Waals surface area (Å²) in [6.07, 6.45) is 1.61. The normalized spacial score (nSPS) is 11.5. The number of fused-ring (bicyclic) bond motifs is 1. The number of ether oxygens (including phenoxy) is 2. The summed E-state index contributed by atoms with van der Waals surface area (Å²) < 4.78 is 15.9. The van der Waals surface area contributed by atoms with Gasteiger partial charge < -0.3 is 24.9 Å². The van der Waals surface area contributed by atoms with Crippen LogP contribution in [0.5, 0.6) is 11.5 Å². The van der Waals surface area contributed by atoms with Crippen LogP contribution in [-0.2, 0) is 4.79 Å². The molecule has 0 unspecified atom stereocenters. The van der Waals surface area contributed by atoms with Crippen LogP contribution in [0, 0.1) is 22.7 Å². The Morgan fingerprint density at radius 2 is 2.00 bits per heavy atom. The van der Waals surface area contributed by atoms with Crippen molar-refractivity contribution < 1.29 is 18.7 Å². The lowest BCUT2D eigenvalue weighted by Gasteiger charge is -2.11. The average Bonchev–Trinajstić information content (AvgIpc) is 3.45. The van der Waals surface area contributed by atoms with Gasteiger partial charge in [-0.3, -0.25) is 4.79 Å². The number of pyridine rings is 1. The molecular formula is C21H15N5O4S. The topological polar surface area (TPSA) is 147 Å². The number of nitrogen functional groups attached to an aromatic ring is 1. The summed E-state index contributed by atoms with van der Waals surface area (Å²) in [6, 6.07) is 12.5. The molecule has 1 aromatic carbocycles. The van der Waals surface area contributed by atoms with E-state index in [1.165, 1.54) is 18.0 Å². The van der Waals surface area contributed by atoms with Gasteiger partial charge in [0.2, 0.25) is 12.7 Å². The zero-order valence-electron chi connectivity index (χ0n) is 16.0. The maximum absolute atomic E-state index is 12.3. The third-order valence-electron chi connectivity index (χ3n) is 4.41. The van der Waals surface area contributed by atoms with Gasteiger partial charge in [-0.25, -0.2) is 4.98 Å². The Balaban J connectivity index is 1.47. The van der Waals surface area contributed by atoms with Crippen molar-refractivity contribution in [2.24, 2.45) is 0 Å². The van der Waals surface area contributed by atoms with Crippen molar-refractivity contribution in [3.8, 4) is 35.0 Å². The van der Waals surface area contributed by atoms with E-state index in [1.54, 1.807) is 30.3 Å². The van der Waals surface area contributed by atoms with Crippen LogP contribution in [0.15, 0.2) is 46.0 Å². The van der Waals surface area contributed by atoms with E-state index in [0.717, 1.165) is 0 Å². The lowest BCUT2D eigenvalue weighted by atomic mass is 10.0. The molecule has 0 fully saturated rings. The molecule has 1 aliphatic heterocycles. The molecule has 1 aliphatic rings. The second kappa shape index (κ2) is 8.69.